The fourth-order valence-electron chi connectivity index (χ4n) is 5.15. The van der Waals surface area contributed by atoms with Crippen LogP contribution in [0.25, 0.3) is 0 Å². The molecule has 0 amide bonds. The lowest BCUT2D eigenvalue weighted by Crippen LogP contribution is -2.47. The van der Waals surface area contributed by atoms with E-state index < -0.39 is 0 Å². The summed E-state index contributed by atoms with van der Waals surface area (Å²) in [7, 11) is 0. The number of rotatable bonds is 3. The Bertz CT molecular complexity index is 443. The second-order valence-electron chi connectivity index (χ2n) is 6.92. The van der Waals surface area contributed by atoms with Crippen molar-refractivity contribution in [2.45, 2.75) is 32.1 Å². The smallest absolute Gasteiger partial charge is 0.149 e. The molecule has 0 aromatic carbocycles. The SMILES string of the molecule is Nc1cccnc1NCC1C2CC3CC(C2)CC1C3. The van der Waals surface area contributed by atoms with Crippen molar-refractivity contribution in [3.63, 3.8) is 0 Å². The first-order valence-electron chi connectivity index (χ1n) is 7.74. The predicted octanol–water partition coefficient (Wildman–Crippen LogP) is 3.15. The molecule has 3 heteroatoms. The van der Waals surface area contributed by atoms with Crippen molar-refractivity contribution in [1.29, 1.82) is 0 Å². The maximum atomic E-state index is 5.96. The molecule has 19 heavy (non-hydrogen) atoms. The van der Waals surface area contributed by atoms with Gasteiger partial charge >= 0.3 is 0 Å². The van der Waals surface area contributed by atoms with Gasteiger partial charge in [0, 0.05) is 12.7 Å². The Hall–Kier alpha value is -1.25. The molecule has 5 rings (SSSR count). The van der Waals surface area contributed by atoms with Gasteiger partial charge in [-0.25, -0.2) is 4.98 Å². The van der Waals surface area contributed by atoms with Gasteiger partial charge in [0.05, 0.1) is 5.69 Å². The molecule has 0 spiro atoms. The van der Waals surface area contributed by atoms with Crippen LogP contribution >= 0.6 is 0 Å². The molecule has 0 radical (unpaired) electrons. The molecule has 1 aromatic rings. The fourth-order valence-corrected chi connectivity index (χ4v) is 5.15. The van der Waals surface area contributed by atoms with Crippen LogP contribution in [0.4, 0.5) is 11.5 Å². The van der Waals surface area contributed by atoms with E-state index in [0.29, 0.717) is 0 Å². The first-order valence-corrected chi connectivity index (χ1v) is 7.74. The van der Waals surface area contributed by atoms with Crippen molar-refractivity contribution in [2.24, 2.45) is 29.6 Å². The summed E-state index contributed by atoms with van der Waals surface area (Å²) in [5, 5.41) is 3.50. The summed E-state index contributed by atoms with van der Waals surface area (Å²) in [5.74, 6) is 5.77. The van der Waals surface area contributed by atoms with Gasteiger partial charge in [0.15, 0.2) is 0 Å². The minimum atomic E-state index is 0.770. The summed E-state index contributed by atoms with van der Waals surface area (Å²) in [6.45, 7) is 1.07. The molecule has 3 N–H and O–H groups in total. The normalized spacial score (nSPS) is 39.5. The zero-order valence-corrected chi connectivity index (χ0v) is 11.4. The minimum Gasteiger partial charge on any atom is -0.396 e. The summed E-state index contributed by atoms with van der Waals surface area (Å²) in [5.41, 5.74) is 6.73. The number of anilines is 2. The van der Waals surface area contributed by atoms with E-state index >= 15 is 0 Å². The topological polar surface area (TPSA) is 50.9 Å². The van der Waals surface area contributed by atoms with Crippen LogP contribution in [0.3, 0.4) is 0 Å². The minimum absolute atomic E-state index is 0.770. The van der Waals surface area contributed by atoms with Crippen LogP contribution in [0, 0.1) is 29.6 Å². The second-order valence-corrected chi connectivity index (χ2v) is 6.92. The number of aromatic nitrogens is 1. The van der Waals surface area contributed by atoms with Crippen LogP contribution in [0.5, 0.6) is 0 Å². The van der Waals surface area contributed by atoms with Crippen molar-refractivity contribution in [3.8, 4) is 0 Å². The molecule has 0 unspecified atom stereocenters. The third kappa shape index (κ3) is 1.99. The van der Waals surface area contributed by atoms with Crippen molar-refractivity contribution in [3.05, 3.63) is 18.3 Å². The summed E-state index contributed by atoms with van der Waals surface area (Å²) >= 11 is 0. The van der Waals surface area contributed by atoms with Crippen LogP contribution in [0.2, 0.25) is 0 Å². The van der Waals surface area contributed by atoms with Crippen LogP contribution in [0.1, 0.15) is 32.1 Å². The number of nitrogen functional groups attached to an aromatic ring is 1. The highest BCUT2D eigenvalue weighted by Crippen LogP contribution is 2.56. The van der Waals surface area contributed by atoms with E-state index in [4.69, 9.17) is 5.73 Å². The number of nitrogens with zero attached hydrogens (tertiary/aromatic N) is 1. The Morgan fingerprint density at radius 2 is 1.79 bits per heavy atom. The van der Waals surface area contributed by atoms with E-state index in [-0.39, 0.29) is 0 Å². The lowest BCUT2D eigenvalue weighted by atomic mass is 9.52. The largest absolute Gasteiger partial charge is 0.396 e. The highest BCUT2D eigenvalue weighted by molar-refractivity contribution is 5.60. The molecule has 102 valence electrons. The summed E-state index contributed by atoms with van der Waals surface area (Å²) in [6, 6.07) is 3.82. The molecule has 0 aliphatic heterocycles. The molecule has 0 saturated heterocycles. The van der Waals surface area contributed by atoms with Gasteiger partial charge in [-0.15, -0.1) is 0 Å². The van der Waals surface area contributed by atoms with E-state index in [1.54, 1.807) is 0 Å². The molecule has 4 bridgehead atoms. The number of pyridine rings is 1. The van der Waals surface area contributed by atoms with E-state index in [1.165, 1.54) is 32.1 Å². The highest BCUT2D eigenvalue weighted by Gasteiger charge is 2.47. The molecular weight excluding hydrogens is 234 g/mol. The maximum absolute atomic E-state index is 5.96. The monoisotopic (exact) mass is 257 g/mol. The molecule has 4 fully saturated rings. The molecule has 4 saturated carbocycles. The van der Waals surface area contributed by atoms with Crippen LogP contribution in [0.15, 0.2) is 18.3 Å². The lowest BCUT2D eigenvalue weighted by molar-refractivity contribution is -0.0305. The third-order valence-corrected chi connectivity index (χ3v) is 5.77. The van der Waals surface area contributed by atoms with Gasteiger partial charge in [-0.3, -0.25) is 0 Å². The first kappa shape index (κ1) is 11.6. The lowest BCUT2D eigenvalue weighted by Gasteiger charge is -2.54. The zero-order chi connectivity index (χ0) is 12.8. The molecular formula is C16H23N3. The van der Waals surface area contributed by atoms with Crippen molar-refractivity contribution in [2.75, 3.05) is 17.6 Å². The zero-order valence-electron chi connectivity index (χ0n) is 11.4. The van der Waals surface area contributed by atoms with Gasteiger partial charge in [-0.2, -0.15) is 0 Å². The highest BCUT2D eigenvalue weighted by atomic mass is 15.0. The van der Waals surface area contributed by atoms with E-state index in [0.717, 1.165) is 47.6 Å². The molecule has 4 aliphatic carbocycles. The van der Waals surface area contributed by atoms with Gasteiger partial charge < -0.3 is 11.1 Å². The molecule has 3 nitrogen and oxygen atoms in total. The second kappa shape index (κ2) is 4.39. The molecule has 1 heterocycles. The average molecular weight is 257 g/mol. The fraction of sp³-hybridized carbons (Fsp3) is 0.688. The quantitative estimate of drug-likeness (QED) is 0.874. The predicted molar refractivity (Wildman–Crippen MR) is 77.7 cm³/mol. The average Bonchev–Trinajstić information content (AvgIpc) is 2.39. The summed E-state index contributed by atoms with van der Waals surface area (Å²) in [6.07, 6.45) is 9.28. The Morgan fingerprint density at radius 3 is 2.42 bits per heavy atom. The van der Waals surface area contributed by atoms with Gasteiger partial charge in [-0.1, -0.05) is 0 Å². The molecule has 1 aromatic heterocycles. The van der Waals surface area contributed by atoms with E-state index in [1.807, 2.05) is 18.3 Å². The van der Waals surface area contributed by atoms with Crippen molar-refractivity contribution < 1.29 is 0 Å². The maximum Gasteiger partial charge on any atom is 0.149 e. The van der Waals surface area contributed by atoms with E-state index in [2.05, 4.69) is 10.3 Å². The number of nitrogens with two attached hydrogens (primary N) is 1. The number of nitrogens with one attached hydrogen (secondary N) is 1. The van der Waals surface area contributed by atoms with Gasteiger partial charge in [0.2, 0.25) is 0 Å². The number of hydrogen-bond donors (Lipinski definition) is 2. The Balaban J connectivity index is 1.45. The van der Waals surface area contributed by atoms with Crippen molar-refractivity contribution in [1.82, 2.24) is 4.98 Å². The Kier molecular flexibility index (Phi) is 2.68. The van der Waals surface area contributed by atoms with Crippen molar-refractivity contribution >= 4 is 11.5 Å². The summed E-state index contributed by atoms with van der Waals surface area (Å²) < 4.78 is 0. The molecule has 4 aliphatic rings. The first-order chi connectivity index (χ1) is 9.29. The number of hydrogen-bond acceptors (Lipinski definition) is 3. The summed E-state index contributed by atoms with van der Waals surface area (Å²) in [4.78, 5) is 4.34. The van der Waals surface area contributed by atoms with E-state index in [9.17, 15) is 0 Å². The van der Waals surface area contributed by atoms with Crippen LogP contribution < -0.4 is 11.1 Å². The third-order valence-electron chi connectivity index (χ3n) is 5.77. The van der Waals surface area contributed by atoms with Gasteiger partial charge in [0.1, 0.15) is 5.82 Å². The molecule has 0 atom stereocenters. The van der Waals surface area contributed by atoms with Gasteiger partial charge in [0.25, 0.3) is 0 Å². The van der Waals surface area contributed by atoms with Crippen LogP contribution in [-0.2, 0) is 0 Å². The Morgan fingerprint density at radius 1 is 1.11 bits per heavy atom. The standard InChI is InChI=1S/C16H23N3/c17-15-2-1-3-18-16(15)19-9-14-12-5-10-4-11(7-12)8-13(14)6-10/h1-3,10-14H,4-9,17H2,(H,18,19). The van der Waals surface area contributed by atoms with Crippen LogP contribution in [-0.4, -0.2) is 11.5 Å². The van der Waals surface area contributed by atoms with Gasteiger partial charge in [-0.05, 0) is 73.8 Å². The Labute approximate surface area is 115 Å².